The largest absolute Gasteiger partial charge is 0.409 e. The van der Waals surface area contributed by atoms with Gasteiger partial charge in [0.25, 0.3) is 0 Å². The number of nitrogens with two attached hydrogens (primary N) is 1. The van der Waals surface area contributed by atoms with Crippen LogP contribution in [0.3, 0.4) is 0 Å². The third-order valence-corrected chi connectivity index (χ3v) is 3.36. The molecule has 1 amide bonds. The third kappa shape index (κ3) is 3.56. The summed E-state index contributed by atoms with van der Waals surface area (Å²) in [5.74, 6) is -0.0320. The number of carbonyl (C=O) groups excluding carboxylic acids is 1. The molecule has 0 spiro atoms. The summed E-state index contributed by atoms with van der Waals surface area (Å²) in [5.41, 5.74) is 6.72. The van der Waals surface area contributed by atoms with Crippen LogP contribution in [0.1, 0.15) is 10.4 Å². The Labute approximate surface area is 114 Å². The van der Waals surface area contributed by atoms with Gasteiger partial charge >= 0.3 is 0 Å². The van der Waals surface area contributed by atoms with Gasteiger partial charge in [0.2, 0.25) is 5.91 Å². The molecule has 2 aromatic rings. The molecule has 0 atom stereocenters. The highest BCUT2D eigenvalue weighted by Crippen LogP contribution is 2.12. The van der Waals surface area contributed by atoms with Crippen LogP contribution in [0.2, 0.25) is 0 Å². The number of hydrogen-bond donors (Lipinski definition) is 3. The SMILES string of the molecule is N/C(=N/O)c1ccc(NC(=O)Cc2cccs2)cc1. The van der Waals surface area contributed by atoms with Gasteiger partial charge < -0.3 is 16.3 Å². The van der Waals surface area contributed by atoms with Crippen LogP contribution in [0, 0.1) is 0 Å². The molecule has 0 aliphatic carbocycles. The highest BCUT2D eigenvalue weighted by molar-refractivity contribution is 7.10. The Bertz CT molecular complexity index is 576. The van der Waals surface area contributed by atoms with Crippen LogP contribution in [0.5, 0.6) is 0 Å². The molecule has 0 saturated heterocycles. The van der Waals surface area contributed by atoms with Crippen LogP contribution in [0.25, 0.3) is 0 Å². The molecule has 0 unspecified atom stereocenters. The summed E-state index contributed by atoms with van der Waals surface area (Å²) in [7, 11) is 0. The van der Waals surface area contributed by atoms with Gasteiger partial charge in [-0.1, -0.05) is 11.2 Å². The summed E-state index contributed by atoms with van der Waals surface area (Å²) in [6.45, 7) is 0. The topological polar surface area (TPSA) is 87.7 Å². The highest BCUT2D eigenvalue weighted by atomic mass is 32.1. The first-order chi connectivity index (χ1) is 9.19. The van der Waals surface area contributed by atoms with E-state index in [1.54, 1.807) is 35.6 Å². The van der Waals surface area contributed by atoms with Crippen molar-refractivity contribution in [2.75, 3.05) is 5.32 Å². The van der Waals surface area contributed by atoms with E-state index in [1.165, 1.54) is 0 Å². The van der Waals surface area contributed by atoms with E-state index in [1.807, 2.05) is 17.5 Å². The third-order valence-electron chi connectivity index (χ3n) is 2.49. The lowest BCUT2D eigenvalue weighted by atomic mass is 10.2. The van der Waals surface area contributed by atoms with Gasteiger partial charge in [0.15, 0.2) is 5.84 Å². The van der Waals surface area contributed by atoms with Crippen molar-refractivity contribution in [1.29, 1.82) is 0 Å². The van der Waals surface area contributed by atoms with Gasteiger partial charge in [0.1, 0.15) is 0 Å². The zero-order chi connectivity index (χ0) is 13.7. The van der Waals surface area contributed by atoms with E-state index < -0.39 is 0 Å². The van der Waals surface area contributed by atoms with E-state index in [0.717, 1.165) is 4.88 Å². The maximum absolute atomic E-state index is 11.8. The molecule has 98 valence electrons. The molecular weight excluding hydrogens is 262 g/mol. The number of benzene rings is 1. The van der Waals surface area contributed by atoms with Gasteiger partial charge in [0, 0.05) is 16.1 Å². The lowest BCUT2D eigenvalue weighted by Gasteiger charge is -2.05. The van der Waals surface area contributed by atoms with E-state index in [9.17, 15) is 4.79 Å². The number of rotatable bonds is 4. The molecule has 1 aromatic heterocycles. The highest BCUT2D eigenvalue weighted by Gasteiger charge is 2.05. The number of amides is 1. The van der Waals surface area contributed by atoms with Crippen molar-refractivity contribution in [3.05, 3.63) is 52.2 Å². The lowest BCUT2D eigenvalue weighted by Crippen LogP contribution is -2.15. The number of anilines is 1. The van der Waals surface area contributed by atoms with Gasteiger partial charge in [-0.3, -0.25) is 4.79 Å². The molecule has 0 radical (unpaired) electrons. The maximum atomic E-state index is 11.8. The lowest BCUT2D eigenvalue weighted by molar-refractivity contribution is -0.115. The van der Waals surface area contributed by atoms with Crippen molar-refractivity contribution in [3.63, 3.8) is 0 Å². The smallest absolute Gasteiger partial charge is 0.229 e. The summed E-state index contributed by atoms with van der Waals surface area (Å²) in [6.07, 6.45) is 0.361. The molecule has 1 aromatic carbocycles. The second kappa shape index (κ2) is 6.01. The molecule has 5 nitrogen and oxygen atoms in total. The fraction of sp³-hybridized carbons (Fsp3) is 0.0769. The molecule has 0 fully saturated rings. The van der Waals surface area contributed by atoms with Crippen LogP contribution in [0.15, 0.2) is 46.9 Å². The fourth-order valence-corrected chi connectivity index (χ4v) is 2.26. The zero-order valence-corrected chi connectivity index (χ0v) is 10.9. The number of nitrogens with one attached hydrogen (secondary N) is 1. The average Bonchev–Trinajstić information content (AvgIpc) is 2.91. The summed E-state index contributed by atoms with van der Waals surface area (Å²) in [6, 6.07) is 10.6. The molecule has 4 N–H and O–H groups in total. The summed E-state index contributed by atoms with van der Waals surface area (Å²) in [5, 5.41) is 16.2. The molecule has 0 bridgehead atoms. The van der Waals surface area contributed by atoms with Crippen molar-refractivity contribution >= 4 is 28.8 Å². The van der Waals surface area contributed by atoms with Crippen LogP contribution < -0.4 is 11.1 Å². The van der Waals surface area contributed by atoms with Gasteiger partial charge in [-0.15, -0.1) is 11.3 Å². The summed E-state index contributed by atoms with van der Waals surface area (Å²) in [4.78, 5) is 12.8. The Morgan fingerprint density at radius 3 is 2.63 bits per heavy atom. The number of hydrogen-bond acceptors (Lipinski definition) is 4. The van der Waals surface area contributed by atoms with E-state index in [2.05, 4.69) is 10.5 Å². The molecule has 0 aliphatic heterocycles. The van der Waals surface area contributed by atoms with Gasteiger partial charge in [-0.25, -0.2) is 0 Å². The van der Waals surface area contributed by atoms with E-state index in [0.29, 0.717) is 17.7 Å². The minimum absolute atomic E-state index is 0.0384. The molecule has 0 saturated carbocycles. The van der Waals surface area contributed by atoms with Crippen molar-refractivity contribution in [2.24, 2.45) is 10.9 Å². The standard InChI is InChI=1S/C13H13N3O2S/c14-13(16-18)9-3-5-10(6-4-9)15-12(17)8-11-2-1-7-19-11/h1-7,18H,8H2,(H2,14,16)(H,15,17). The van der Waals surface area contributed by atoms with Gasteiger partial charge in [0.05, 0.1) is 6.42 Å². The summed E-state index contributed by atoms with van der Waals surface area (Å²) < 4.78 is 0. The van der Waals surface area contributed by atoms with Gasteiger partial charge in [-0.05, 0) is 35.7 Å². The Morgan fingerprint density at radius 2 is 2.05 bits per heavy atom. The Hall–Kier alpha value is -2.34. The van der Waals surface area contributed by atoms with Crippen LogP contribution in [0.4, 0.5) is 5.69 Å². The molecule has 0 aliphatic rings. The number of nitrogens with zero attached hydrogens (tertiary/aromatic N) is 1. The molecule has 19 heavy (non-hydrogen) atoms. The first-order valence-corrected chi connectivity index (χ1v) is 6.47. The molecule has 6 heteroatoms. The van der Waals surface area contributed by atoms with E-state index in [-0.39, 0.29) is 11.7 Å². The first kappa shape index (κ1) is 13.1. The monoisotopic (exact) mass is 275 g/mol. The van der Waals surface area contributed by atoms with E-state index >= 15 is 0 Å². The Morgan fingerprint density at radius 1 is 1.32 bits per heavy atom. The van der Waals surface area contributed by atoms with Crippen molar-refractivity contribution < 1.29 is 10.0 Å². The summed E-state index contributed by atoms with van der Waals surface area (Å²) >= 11 is 1.55. The van der Waals surface area contributed by atoms with Gasteiger partial charge in [-0.2, -0.15) is 0 Å². The number of thiophene rings is 1. The van der Waals surface area contributed by atoms with Crippen LogP contribution in [-0.4, -0.2) is 17.0 Å². The van der Waals surface area contributed by atoms with Crippen molar-refractivity contribution in [3.8, 4) is 0 Å². The van der Waals surface area contributed by atoms with Crippen molar-refractivity contribution in [1.82, 2.24) is 0 Å². The second-order valence-corrected chi connectivity index (χ2v) is 4.90. The normalized spacial score (nSPS) is 11.3. The number of oxime groups is 1. The minimum atomic E-state index is -0.0704. The Balaban J connectivity index is 1.98. The minimum Gasteiger partial charge on any atom is -0.409 e. The molecular formula is C13H13N3O2S. The Kier molecular flexibility index (Phi) is 4.15. The van der Waals surface area contributed by atoms with Crippen LogP contribution in [-0.2, 0) is 11.2 Å². The van der Waals surface area contributed by atoms with Crippen molar-refractivity contribution in [2.45, 2.75) is 6.42 Å². The maximum Gasteiger partial charge on any atom is 0.229 e. The predicted octanol–water partition coefficient (Wildman–Crippen LogP) is 2.02. The average molecular weight is 275 g/mol. The fourth-order valence-electron chi connectivity index (χ4n) is 1.56. The zero-order valence-electron chi connectivity index (χ0n) is 10.0. The predicted molar refractivity (Wildman–Crippen MR) is 75.6 cm³/mol. The molecule has 1 heterocycles. The second-order valence-electron chi connectivity index (χ2n) is 3.87. The van der Waals surface area contributed by atoms with Crippen LogP contribution >= 0.6 is 11.3 Å². The molecule has 2 rings (SSSR count). The first-order valence-electron chi connectivity index (χ1n) is 5.59. The van der Waals surface area contributed by atoms with E-state index in [4.69, 9.17) is 10.9 Å². The number of carbonyl (C=O) groups is 1. The number of amidine groups is 1. The quantitative estimate of drug-likeness (QED) is 0.345.